The lowest BCUT2D eigenvalue weighted by molar-refractivity contribution is -0.137. The largest absolute Gasteiger partial charge is 0.395 e. The van der Waals surface area contributed by atoms with Gasteiger partial charge in [-0.1, -0.05) is 12.1 Å². The van der Waals surface area contributed by atoms with E-state index in [1.807, 2.05) is 25.2 Å². The number of rotatable bonds is 5. The van der Waals surface area contributed by atoms with E-state index in [1.165, 1.54) is 6.08 Å². The van der Waals surface area contributed by atoms with Crippen LogP contribution >= 0.6 is 15.9 Å². The molecule has 7 nitrogen and oxygen atoms in total. The summed E-state index contributed by atoms with van der Waals surface area (Å²) >= 11 is 3.46. The minimum absolute atomic E-state index is 0.0125. The molecule has 0 saturated carbocycles. The molecule has 0 aliphatic carbocycles. The summed E-state index contributed by atoms with van der Waals surface area (Å²) in [7, 11) is 1.84. The Morgan fingerprint density at radius 1 is 1.33 bits per heavy atom. The fourth-order valence-corrected chi connectivity index (χ4v) is 3.12. The zero-order valence-electron chi connectivity index (χ0n) is 12.9. The van der Waals surface area contributed by atoms with Crippen LogP contribution in [0, 0.1) is 0 Å². The molecule has 2 aromatic rings. The van der Waals surface area contributed by atoms with E-state index in [9.17, 15) is 9.59 Å². The summed E-state index contributed by atoms with van der Waals surface area (Å²) in [5.41, 5.74) is 2.69. The van der Waals surface area contributed by atoms with Crippen LogP contribution in [0.1, 0.15) is 0 Å². The highest BCUT2D eigenvalue weighted by atomic mass is 79.9. The van der Waals surface area contributed by atoms with E-state index >= 15 is 0 Å². The van der Waals surface area contributed by atoms with Gasteiger partial charge < -0.3 is 10.4 Å². The Kier molecular flexibility index (Phi) is 4.50. The van der Waals surface area contributed by atoms with Crippen molar-refractivity contribution in [3.63, 3.8) is 0 Å². The first kappa shape index (κ1) is 16.4. The highest BCUT2D eigenvalue weighted by Gasteiger charge is 2.30. The molecule has 0 spiro atoms. The summed E-state index contributed by atoms with van der Waals surface area (Å²) in [6.07, 6.45) is 2.95. The molecule has 0 radical (unpaired) electrons. The molecule has 1 aromatic heterocycles. The Balaban J connectivity index is 1.85. The maximum atomic E-state index is 12.2. The van der Waals surface area contributed by atoms with Gasteiger partial charge in [-0.25, -0.2) is 0 Å². The molecule has 2 N–H and O–H groups in total. The summed E-state index contributed by atoms with van der Waals surface area (Å²) in [4.78, 5) is 25.0. The number of aryl methyl sites for hydroxylation is 1. The van der Waals surface area contributed by atoms with Crippen LogP contribution in [0.3, 0.4) is 0 Å². The molecule has 2 amide bonds. The average Bonchev–Trinajstić information content (AvgIpc) is 3.02. The number of nitrogens with one attached hydrogen (secondary N) is 1. The second-order valence-electron chi connectivity index (χ2n) is 5.25. The number of amides is 2. The standard InChI is InChI=1S/C16H15BrN4O3/c1-20-15(12(17)9-18-20)10-3-2-4-11(7-10)19-13-8-14(23)21(5-6-22)16(13)24/h2-4,7-9,19,22H,5-6H2,1H3. The van der Waals surface area contributed by atoms with E-state index in [1.54, 1.807) is 16.9 Å². The minimum Gasteiger partial charge on any atom is -0.395 e. The van der Waals surface area contributed by atoms with Gasteiger partial charge in [0.2, 0.25) is 0 Å². The number of β-amino-alcohol motifs (C(OH)–C–C–N with tert-alkyl or cyclic N) is 1. The summed E-state index contributed by atoms with van der Waals surface area (Å²) in [5.74, 6) is -0.872. The maximum absolute atomic E-state index is 12.2. The van der Waals surface area contributed by atoms with E-state index in [-0.39, 0.29) is 18.8 Å². The van der Waals surface area contributed by atoms with Crippen LogP contribution in [-0.2, 0) is 16.6 Å². The van der Waals surface area contributed by atoms with Gasteiger partial charge in [0.25, 0.3) is 11.8 Å². The number of carbonyl (C=O) groups excluding carboxylic acids is 2. The first-order valence-electron chi connectivity index (χ1n) is 7.24. The summed E-state index contributed by atoms with van der Waals surface area (Å²) in [6, 6.07) is 7.46. The fourth-order valence-electron chi connectivity index (χ4n) is 2.55. The van der Waals surface area contributed by atoms with Crippen molar-refractivity contribution in [2.75, 3.05) is 18.5 Å². The Labute approximate surface area is 146 Å². The topological polar surface area (TPSA) is 87.5 Å². The van der Waals surface area contributed by atoms with Crippen molar-refractivity contribution in [1.29, 1.82) is 0 Å². The van der Waals surface area contributed by atoms with E-state index in [2.05, 4.69) is 26.3 Å². The van der Waals surface area contributed by atoms with Gasteiger partial charge in [-0.15, -0.1) is 0 Å². The lowest BCUT2D eigenvalue weighted by atomic mass is 10.1. The van der Waals surface area contributed by atoms with E-state index in [0.29, 0.717) is 5.69 Å². The van der Waals surface area contributed by atoms with Crippen molar-refractivity contribution in [3.8, 4) is 11.3 Å². The number of hydrogen-bond donors (Lipinski definition) is 2. The lowest BCUT2D eigenvalue weighted by Gasteiger charge is -2.14. The van der Waals surface area contributed by atoms with E-state index < -0.39 is 11.8 Å². The third-order valence-corrected chi connectivity index (χ3v) is 4.22. The van der Waals surface area contributed by atoms with Crippen LogP contribution < -0.4 is 5.32 Å². The van der Waals surface area contributed by atoms with Crippen molar-refractivity contribution < 1.29 is 14.7 Å². The number of imide groups is 1. The third kappa shape index (κ3) is 2.98. The summed E-state index contributed by atoms with van der Waals surface area (Å²) in [6.45, 7) is -0.274. The molecule has 3 rings (SSSR count). The number of benzene rings is 1. The van der Waals surface area contributed by atoms with Crippen molar-refractivity contribution in [3.05, 3.63) is 46.7 Å². The van der Waals surface area contributed by atoms with Gasteiger partial charge in [0.05, 0.1) is 29.5 Å². The Morgan fingerprint density at radius 2 is 2.12 bits per heavy atom. The molecular weight excluding hydrogens is 376 g/mol. The van der Waals surface area contributed by atoms with E-state index in [4.69, 9.17) is 5.11 Å². The van der Waals surface area contributed by atoms with Crippen molar-refractivity contribution in [2.24, 2.45) is 7.05 Å². The maximum Gasteiger partial charge on any atom is 0.277 e. The van der Waals surface area contributed by atoms with Crippen LogP contribution in [0.5, 0.6) is 0 Å². The molecule has 0 atom stereocenters. The molecule has 2 heterocycles. The summed E-state index contributed by atoms with van der Waals surface area (Å²) in [5, 5.41) is 16.1. The van der Waals surface area contributed by atoms with Crippen LogP contribution in [0.4, 0.5) is 5.69 Å². The van der Waals surface area contributed by atoms with Crippen LogP contribution in [0.15, 0.2) is 46.7 Å². The Hall–Kier alpha value is -2.45. The number of aliphatic hydroxyl groups excluding tert-OH is 1. The quantitative estimate of drug-likeness (QED) is 0.755. The average molecular weight is 391 g/mol. The minimum atomic E-state index is -0.443. The monoisotopic (exact) mass is 390 g/mol. The highest BCUT2D eigenvalue weighted by Crippen LogP contribution is 2.29. The van der Waals surface area contributed by atoms with Crippen molar-refractivity contribution in [2.45, 2.75) is 0 Å². The first-order valence-corrected chi connectivity index (χ1v) is 8.04. The summed E-state index contributed by atoms with van der Waals surface area (Å²) < 4.78 is 2.61. The number of carbonyl (C=O) groups is 2. The number of aromatic nitrogens is 2. The van der Waals surface area contributed by atoms with Crippen molar-refractivity contribution in [1.82, 2.24) is 14.7 Å². The molecule has 0 unspecified atom stereocenters. The van der Waals surface area contributed by atoms with E-state index in [0.717, 1.165) is 20.6 Å². The van der Waals surface area contributed by atoms with Gasteiger partial charge in [0.15, 0.2) is 0 Å². The molecule has 8 heteroatoms. The second kappa shape index (κ2) is 6.58. The highest BCUT2D eigenvalue weighted by molar-refractivity contribution is 9.10. The number of hydrogen-bond acceptors (Lipinski definition) is 5. The number of aliphatic hydroxyl groups is 1. The Morgan fingerprint density at radius 3 is 2.79 bits per heavy atom. The second-order valence-corrected chi connectivity index (χ2v) is 6.10. The van der Waals surface area contributed by atoms with Gasteiger partial charge in [-0.3, -0.25) is 19.2 Å². The molecule has 0 bridgehead atoms. The molecule has 0 fully saturated rings. The predicted octanol–water partition coefficient (Wildman–Crippen LogP) is 1.51. The smallest absolute Gasteiger partial charge is 0.277 e. The van der Waals surface area contributed by atoms with Gasteiger partial charge in [-0.05, 0) is 28.1 Å². The van der Waals surface area contributed by atoms with Gasteiger partial charge >= 0.3 is 0 Å². The first-order chi connectivity index (χ1) is 11.5. The van der Waals surface area contributed by atoms with Crippen LogP contribution in [0.25, 0.3) is 11.3 Å². The normalized spacial score (nSPS) is 14.3. The van der Waals surface area contributed by atoms with Gasteiger partial charge in [0, 0.05) is 24.4 Å². The van der Waals surface area contributed by atoms with Crippen LogP contribution in [0.2, 0.25) is 0 Å². The number of halogens is 1. The molecule has 1 aliphatic heterocycles. The van der Waals surface area contributed by atoms with Crippen molar-refractivity contribution >= 4 is 33.4 Å². The zero-order valence-corrected chi connectivity index (χ0v) is 14.4. The third-order valence-electron chi connectivity index (χ3n) is 3.64. The van der Waals surface area contributed by atoms with Gasteiger partial charge in [0.1, 0.15) is 5.70 Å². The lowest BCUT2D eigenvalue weighted by Crippen LogP contribution is -2.34. The number of anilines is 1. The molecule has 124 valence electrons. The molecule has 1 aliphatic rings. The fraction of sp³-hybridized carbons (Fsp3) is 0.188. The Bertz CT molecular complexity index is 824. The SMILES string of the molecule is Cn1ncc(Br)c1-c1cccc(NC2=CC(=O)N(CCO)C2=O)c1. The predicted molar refractivity (Wildman–Crippen MR) is 91.9 cm³/mol. The number of nitrogens with zero attached hydrogens (tertiary/aromatic N) is 3. The molecule has 1 aromatic carbocycles. The molecule has 0 saturated heterocycles. The molecular formula is C16H15BrN4O3. The molecule has 24 heavy (non-hydrogen) atoms. The zero-order chi connectivity index (χ0) is 17.3. The van der Waals surface area contributed by atoms with Crippen LogP contribution in [-0.4, -0.2) is 44.8 Å². The van der Waals surface area contributed by atoms with Gasteiger partial charge in [-0.2, -0.15) is 5.10 Å².